The van der Waals surface area contributed by atoms with Crippen molar-refractivity contribution in [2.75, 3.05) is 26.2 Å². The molecule has 76 valence electrons. The number of rotatable bonds is 3. The lowest BCUT2D eigenvalue weighted by Crippen LogP contribution is -2.25. The highest BCUT2D eigenvalue weighted by atomic mass is 16.3. The van der Waals surface area contributed by atoms with Gasteiger partial charge in [-0.15, -0.1) is 0 Å². The Morgan fingerprint density at radius 2 is 2.15 bits per heavy atom. The fraction of sp³-hybridized carbons (Fsp3) is 1.00. The zero-order chi connectivity index (χ0) is 9.47. The Labute approximate surface area is 80.9 Å². The number of likely N-dealkylation sites (tertiary alicyclic amines) is 1. The summed E-state index contributed by atoms with van der Waals surface area (Å²) >= 11 is 0. The van der Waals surface area contributed by atoms with E-state index in [1.54, 1.807) is 0 Å². The van der Waals surface area contributed by atoms with Crippen LogP contribution in [0.1, 0.15) is 26.7 Å². The molecule has 2 unspecified atom stereocenters. The van der Waals surface area contributed by atoms with Crippen molar-refractivity contribution in [3.05, 3.63) is 0 Å². The number of hydrogen-bond donors (Lipinski definition) is 1. The van der Waals surface area contributed by atoms with Gasteiger partial charge in [-0.25, -0.2) is 0 Å². The van der Waals surface area contributed by atoms with Gasteiger partial charge in [0.25, 0.3) is 0 Å². The highest BCUT2D eigenvalue weighted by molar-refractivity contribution is 4.97. The van der Waals surface area contributed by atoms with Gasteiger partial charge in [0, 0.05) is 19.7 Å². The molecule has 1 N–H and O–H groups in total. The lowest BCUT2D eigenvalue weighted by Gasteiger charge is -2.16. The summed E-state index contributed by atoms with van der Waals surface area (Å²) in [6.07, 6.45) is 2.59. The maximum absolute atomic E-state index is 9.01. The Balaban J connectivity index is 1.73. The topological polar surface area (TPSA) is 23.5 Å². The Hall–Kier alpha value is -0.0800. The van der Waals surface area contributed by atoms with Gasteiger partial charge in [0.1, 0.15) is 0 Å². The van der Waals surface area contributed by atoms with Crippen LogP contribution in [0.15, 0.2) is 0 Å². The second-order valence-corrected chi connectivity index (χ2v) is 5.49. The molecule has 2 heteroatoms. The minimum Gasteiger partial charge on any atom is -0.396 e. The van der Waals surface area contributed by atoms with Crippen molar-refractivity contribution in [2.45, 2.75) is 26.7 Å². The van der Waals surface area contributed by atoms with Gasteiger partial charge in [-0.3, -0.25) is 0 Å². The molecule has 1 saturated heterocycles. The fourth-order valence-electron chi connectivity index (χ4n) is 2.43. The molecule has 13 heavy (non-hydrogen) atoms. The lowest BCUT2D eigenvalue weighted by molar-refractivity contribution is 0.218. The molecule has 2 atom stereocenters. The smallest absolute Gasteiger partial charge is 0.0471 e. The summed E-state index contributed by atoms with van der Waals surface area (Å²) < 4.78 is 0. The SMILES string of the molecule is CC1(C)CC1CN1CCC(CO)C1. The molecule has 2 aliphatic rings. The van der Waals surface area contributed by atoms with Crippen LogP contribution in [-0.2, 0) is 0 Å². The molecular weight excluding hydrogens is 162 g/mol. The molecule has 0 spiro atoms. The first-order valence-electron chi connectivity index (χ1n) is 5.45. The van der Waals surface area contributed by atoms with Crippen molar-refractivity contribution in [1.29, 1.82) is 0 Å². The van der Waals surface area contributed by atoms with E-state index in [0.29, 0.717) is 17.9 Å². The number of aliphatic hydroxyl groups excluding tert-OH is 1. The number of nitrogens with zero attached hydrogens (tertiary/aromatic N) is 1. The first-order chi connectivity index (χ1) is 6.12. The maximum atomic E-state index is 9.01. The molecule has 0 bridgehead atoms. The van der Waals surface area contributed by atoms with Crippen LogP contribution < -0.4 is 0 Å². The van der Waals surface area contributed by atoms with Crippen molar-refractivity contribution in [2.24, 2.45) is 17.3 Å². The molecule has 1 aliphatic carbocycles. The van der Waals surface area contributed by atoms with E-state index < -0.39 is 0 Å². The summed E-state index contributed by atoms with van der Waals surface area (Å²) in [4.78, 5) is 2.53. The zero-order valence-corrected chi connectivity index (χ0v) is 8.79. The highest BCUT2D eigenvalue weighted by Crippen LogP contribution is 2.52. The van der Waals surface area contributed by atoms with Gasteiger partial charge in [0.05, 0.1) is 0 Å². The van der Waals surface area contributed by atoms with Gasteiger partial charge in [-0.2, -0.15) is 0 Å². The van der Waals surface area contributed by atoms with Crippen LogP contribution in [0.2, 0.25) is 0 Å². The van der Waals surface area contributed by atoms with Gasteiger partial charge >= 0.3 is 0 Å². The fourth-order valence-corrected chi connectivity index (χ4v) is 2.43. The molecule has 0 aromatic rings. The van der Waals surface area contributed by atoms with Crippen LogP contribution in [0.3, 0.4) is 0 Å². The quantitative estimate of drug-likeness (QED) is 0.714. The summed E-state index contributed by atoms with van der Waals surface area (Å²) in [7, 11) is 0. The predicted molar refractivity (Wildman–Crippen MR) is 53.5 cm³/mol. The molecule has 0 aromatic carbocycles. The predicted octanol–water partition coefficient (Wildman–Crippen LogP) is 1.35. The average Bonchev–Trinajstić information content (AvgIpc) is 2.48. The van der Waals surface area contributed by atoms with Crippen molar-refractivity contribution in [3.63, 3.8) is 0 Å². The summed E-state index contributed by atoms with van der Waals surface area (Å²) in [5.41, 5.74) is 0.608. The van der Waals surface area contributed by atoms with E-state index in [1.807, 2.05) is 0 Å². The third kappa shape index (κ3) is 2.05. The summed E-state index contributed by atoms with van der Waals surface area (Å²) in [5, 5.41) is 9.01. The zero-order valence-electron chi connectivity index (χ0n) is 8.79. The molecule has 0 radical (unpaired) electrons. The van der Waals surface area contributed by atoms with Crippen molar-refractivity contribution >= 4 is 0 Å². The van der Waals surface area contributed by atoms with Crippen molar-refractivity contribution in [1.82, 2.24) is 4.90 Å². The van der Waals surface area contributed by atoms with Gasteiger partial charge in [-0.05, 0) is 36.6 Å². The summed E-state index contributed by atoms with van der Waals surface area (Å²) in [6.45, 7) is 8.70. The van der Waals surface area contributed by atoms with E-state index in [2.05, 4.69) is 18.7 Å². The first-order valence-corrected chi connectivity index (χ1v) is 5.45. The Bertz CT molecular complexity index is 191. The van der Waals surface area contributed by atoms with Crippen LogP contribution in [0.5, 0.6) is 0 Å². The minimum absolute atomic E-state index is 0.380. The van der Waals surface area contributed by atoms with Gasteiger partial charge < -0.3 is 10.0 Å². The molecule has 0 amide bonds. The summed E-state index contributed by atoms with van der Waals surface area (Å²) in [5.74, 6) is 1.48. The van der Waals surface area contributed by atoms with E-state index in [9.17, 15) is 0 Å². The van der Waals surface area contributed by atoms with E-state index in [4.69, 9.17) is 5.11 Å². The highest BCUT2D eigenvalue weighted by Gasteiger charge is 2.46. The largest absolute Gasteiger partial charge is 0.396 e. The van der Waals surface area contributed by atoms with E-state index in [-0.39, 0.29) is 0 Å². The molecule has 2 rings (SSSR count). The molecule has 1 heterocycles. The minimum atomic E-state index is 0.380. The standard InChI is InChI=1S/C11H21NO/c1-11(2)5-10(11)7-12-4-3-9(6-12)8-13/h9-10,13H,3-8H2,1-2H3. The van der Waals surface area contributed by atoms with Gasteiger partial charge in [0.15, 0.2) is 0 Å². The van der Waals surface area contributed by atoms with Crippen LogP contribution in [0.25, 0.3) is 0 Å². The van der Waals surface area contributed by atoms with Crippen LogP contribution in [0, 0.1) is 17.3 Å². The van der Waals surface area contributed by atoms with Crippen LogP contribution >= 0.6 is 0 Å². The van der Waals surface area contributed by atoms with Crippen molar-refractivity contribution < 1.29 is 5.11 Å². The lowest BCUT2D eigenvalue weighted by atomic mass is 10.1. The van der Waals surface area contributed by atoms with Crippen LogP contribution in [-0.4, -0.2) is 36.2 Å². The number of hydrogen-bond acceptors (Lipinski definition) is 2. The van der Waals surface area contributed by atoms with Gasteiger partial charge in [-0.1, -0.05) is 13.8 Å². The molecular formula is C11H21NO. The maximum Gasteiger partial charge on any atom is 0.0471 e. The second-order valence-electron chi connectivity index (χ2n) is 5.49. The first kappa shape index (κ1) is 9.47. The number of aliphatic hydroxyl groups is 1. The third-order valence-electron chi connectivity index (χ3n) is 3.82. The van der Waals surface area contributed by atoms with E-state index in [1.165, 1.54) is 25.9 Å². The molecule has 2 fully saturated rings. The Morgan fingerprint density at radius 3 is 2.62 bits per heavy atom. The molecule has 2 nitrogen and oxygen atoms in total. The average molecular weight is 183 g/mol. The second kappa shape index (κ2) is 3.25. The monoisotopic (exact) mass is 183 g/mol. The molecule has 1 saturated carbocycles. The van der Waals surface area contributed by atoms with Crippen LogP contribution in [0.4, 0.5) is 0 Å². The Kier molecular flexibility index (Phi) is 2.37. The summed E-state index contributed by atoms with van der Waals surface area (Å²) in [6, 6.07) is 0. The normalized spacial score (nSPS) is 38.1. The molecule has 0 aromatic heterocycles. The molecule has 1 aliphatic heterocycles. The Morgan fingerprint density at radius 1 is 1.46 bits per heavy atom. The van der Waals surface area contributed by atoms with Gasteiger partial charge in [0.2, 0.25) is 0 Å². The van der Waals surface area contributed by atoms with Crippen molar-refractivity contribution in [3.8, 4) is 0 Å². The van der Waals surface area contributed by atoms with E-state index >= 15 is 0 Å². The third-order valence-corrected chi connectivity index (χ3v) is 3.82. The van der Waals surface area contributed by atoms with E-state index in [0.717, 1.165) is 12.5 Å².